The lowest BCUT2D eigenvalue weighted by Crippen LogP contribution is -2.11. The SMILES string of the molecule is COc1cc(C(=O)C=Cc2ccccc2OC2CCCC2)ccc1O. The second-order valence-electron chi connectivity index (χ2n) is 6.15. The molecule has 0 spiro atoms. The van der Waals surface area contributed by atoms with Crippen molar-refractivity contribution >= 4 is 11.9 Å². The lowest BCUT2D eigenvalue weighted by Gasteiger charge is -2.15. The Hall–Kier alpha value is -2.75. The molecule has 1 aliphatic rings. The van der Waals surface area contributed by atoms with Crippen molar-refractivity contribution in [1.82, 2.24) is 0 Å². The summed E-state index contributed by atoms with van der Waals surface area (Å²) in [6.07, 6.45) is 8.16. The smallest absolute Gasteiger partial charge is 0.185 e. The number of rotatable bonds is 6. The number of phenolic OH excluding ortho intramolecular Hbond substituents is 1. The summed E-state index contributed by atoms with van der Waals surface area (Å²) in [5, 5.41) is 9.63. The van der Waals surface area contributed by atoms with E-state index in [1.54, 1.807) is 12.1 Å². The van der Waals surface area contributed by atoms with Crippen LogP contribution in [-0.4, -0.2) is 24.1 Å². The van der Waals surface area contributed by atoms with Gasteiger partial charge < -0.3 is 14.6 Å². The fourth-order valence-electron chi connectivity index (χ4n) is 3.00. The van der Waals surface area contributed by atoms with Crippen LogP contribution in [0.25, 0.3) is 6.08 Å². The molecule has 3 rings (SSSR count). The summed E-state index contributed by atoms with van der Waals surface area (Å²) in [6, 6.07) is 12.3. The van der Waals surface area contributed by atoms with Crippen LogP contribution in [-0.2, 0) is 0 Å². The first-order chi connectivity index (χ1) is 12.2. The molecule has 2 aromatic carbocycles. The summed E-state index contributed by atoms with van der Waals surface area (Å²) in [6.45, 7) is 0. The molecule has 0 bridgehead atoms. The molecule has 1 aliphatic carbocycles. The van der Waals surface area contributed by atoms with E-state index >= 15 is 0 Å². The molecule has 25 heavy (non-hydrogen) atoms. The van der Waals surface area contributed by atoms with E-state index in [0.29, 0.717) is 5.56 Å². The molecule has 0 radical (unpaired) electrons. The minimum atomic E-state index is -0.158. The lowest BCUT2D eigenvalue weighted by atomic mass is 10.1. The van der Waals surface area contributed by atoms with Gasteiger partial charge in [-0.2, -0.15) is 0 Å². The minimum absolute atomic E-state index is 0.0124. The summed E-state index contributed by atoms with van der Waals surface area (Å²) >= 11 is 0. The Balaban J connectivity index is 1.76. The van der Waals surface area contributed by atoms with Gasteiger partial charge in [-0.1, -0.05) is 18.2 Å². The monoisotopic (exact) mass is 338 g/mol. The van der Waals surface area contributed by atoms with E-state index in [-0.39, 0.29) is 23.4 Å². The number of methoxy groups -OCH3 is 1. The Labute approximate surface area is 147 Å². The number of aromatic hydroxyl groups is 1. The summed E-state index contributed by atoms with van der Waals surface area (Å²) < 4.78 is 11.1. The second kappa shape index (κ2) is 7.88. The largest absolute Gasteiger partial charge is 0.504 e. The molecule has 2 aromatic rings. The Kier molecular flexibility index (Phi) is 5.39. The summed E-state index contributed by atoms with van der Waals surface area (Å²) in [4.78, 5) is 12.4. The molecule has 0 heterocycles. The predicted octanol–water partition coefficient (Wildman–Crippen LogP) is 4.62. The number of para-hydroxylation sites is 1. The number of carbonyl (C=O) groups excluding carboxylic acids is 1. The molecular weight excluding hydrogens is 316 g/mol. The van der Waals surface area contributed by atoms with E-state index in [2.05, 4.69) is 0 Å². The molecule has 0 atom stereocenters. The van der Waals surface area contributed by atoms with E-state index in [0.717, 1.165) is 24.2 Å². The van der Waals surface area contributed by atoms with Crippen molar-refractivity contribution in [1.29, 1.82) is 0 Å². The van der Waals surface area contributed by atoms with E-state index in [1.165, 1.54) is 38.2 Å². The third kappa shape index (κ3) is 4.21. The van der Waals surface area contributed by atoms with Crippen LogP contribution in [0.4, 0.5) is 0 Å². The number of hydrogen-bond donors (Lipinski definition) is 1. The Bertz CT molecular complexity index is 773. The zero-order valence-corrected chi connectivity index (χ0v) is 14.3. The summed E-state index contributed by atoms with van der Waals surface area (Å²) in [5.41, 5.74) is 1.34. The van der Waals surface area contributed by atoms with Crippen molar-refractivity contribution in [3.05, 3.63) is 59.7 Å². The lowest BCUT2D eigenvalue weighted by molar-refractivity contribution is 0.104. The standard InChI is InChI=1S/C21H22O4/c1-24-21-14-16(11-13-19(21)23)18(22)12-10-15-6-2-5-9-20(15)25-17-7-3-4-8-17/h2,5-6,9-14,17,23H,3-4,7-8H2,1H3. The molecule has 130 valence electrons. The fourth-order valence-corrected chi connectivity index (χ4v) is 3.00. The maximum Gasteiger partial charge on any atom is 0.185 e. The Morgan fingerprint density at radius 3 is 2.64 bits per heavy atom. The van der Waals surface area contributed by atoms with Gasteiger partial charge in [-0.05, 0) is 62.1 Å². The molecule has 1 fully saturated rings. The van der Waals surface area contributed by atoms with Gasteiger partial charge >= 0.3 is 0 Å². The van der Waals surface area contributed by atoms with Crippen LogP contribution < -0.4 is 9.47 Å². The van der Waals surface area contributed by atoms with Gasteiger partial charge in [-0.15, -0.1) is 0 Å². The van der Waals surface area contributed by atoms with Gasteiger partial charge in [0, 0.05) is 11.1 Å². The van der Waals surface area contributed by atoms with E-state index in [9.17, 15) is 9.90 Å². The highest BCUT2D eigenvalue weighted by Gasteiger charge is 2.17. The first kappa shape index (κ1) is 17.1. The second-order valence-corrected chi connectivity index (χ2v) is 6.15. The highest BCUT2D eigenvalue weighted by Crippen LogP contribution is 2.28. The minimum Gasteiger partial charge on any atom is -0.504 e. The molecule has 0 saturated heterocycles. The average Bonchev–Trinajstić information content (AvgIpc) is 3.14. The Morgan fingerprint density at radius 1 is 1.12 bits per heavy atom. The highest BCUT2D eigenvalue weighted by atomic mass is 16.5. The molecule has 0 amide bonds. The molecule has 0 unspecified atom stereocenters. The van der Waals surface area contributed by atoms with Crippen LogP contribution >= 0.6 is 0 Å². The van der Waals surface area contributed by atoms with Gasteiger partial charge in [-0.25, -0.2) is 0 Å². The number of ketones is 1. The highest BCUT2D eigenvalue weighted by molar-refractivity contribution is 6.07. The quantitative estimate of drug-likeness (QED) is 0.617. The third-order valence-electron chi connectivity index (χ3n) is 4.39. The van der Waals surface area contributed by atoms with Crippen molar-refractivity contribution in [2.75, 3.05) is 7.11 Å². The van der Waals surface area contributed by atoms with E-state index in [1.807, 2.05) is 24.3 Å². The number of ether oxygens (including phenoxy) is 2. The van der Waals surface area contributed by atoms with Crippen molar-refractivity contribution in [3.63, 3.8) is 0 Å². The molecular formula is C21H22O4. The van der Waals surface area contributed by atoms with Crippen LogP contribution in [0.5, 0.6) is 17.2 Å². The van der Waals surface area contributed by atoms with Crippen LogP contribution in [0.2, 0.25) is 0 Å². The first-order valence-corrected chi connectivity index (χ1v) is 8.52. The van der Waals surface area contributed by atoms with Crippen LogP contribution in [0.3, 0.4) is 0 Å². The molecule has 0 aromatic heterocycles. The van der Waals surface area contributed by atoms with E-state index in [4.69, 9.17) is 9.47 Å². The number of hydrogen-bond acceptors (Lipinski definition) is 4. The number of phenols is 1. The van der Waals surface area contributed by atoms with Gasteiger partial charge in [0.1, 0.15) is 5.75 Å². The number of carbonyl (C=O) groups is 1. The van der Waals surface area contributed by atoms with Crippen LogP contribution in [0.1, 0.15) is 41.6 Å². The zero-order chi connectivity index (χ0) is 17.6. The van der Waals surface area contributed by atoms with Gasteiger partial charge in [0.25, 0.3) is 0 Å². The molecule has 1 saturated carbocycles. The van der Waals surface area contributed by atoms with Gasteiger partial charge in [0.15, 0.2) is 17.3 Å². The van der Waals surface area contributed by atoms with Crippen molar-refractivity contribution in [2.24, 2.45) is 0 Å². The molecule has 4 nitrogen and oxygen atoms in total. The average molecular weight is 338 g/mol. The van der Waals surface area contributed by atoms with Crippen molar-refractivity contribution in [3.8, 4) is 17.2 Å². The molecule has 4 heteroatoms. The van der Waals surface area contributed by atoms with Gasteiger partial charge in [0.05, 0.1) is 13.2 Å². The normalized spacial score (nSPS) is 14.8. The van der Waals surface area contributed by atoms with E-state index < -0.39 is 0 Å². The van der Waals surface area contributed by atoms with Crippen LogP contribution in [0.15, 0.2) is 48.5 Å². The number of allylic oxidation sites excluding steroid dienone is 1. The molecule has 0 aliphatic heterocycles. The fraction of sp³-hybridized carbons (Fsp3) is 0.286. The van der Waals surface area contributed by atoms with Crippen LogP contribution in [0, 0.1) is 0 Å². The summed E-state index contributed by atoms with van der Waals surface area (Å²) in [7, 11) is 1.45. The maximum absolute atomic E-state index is 12.4. The van der Waals surface area contributed by atoms with Gasteiger partial charge in [-0.3, -0.25) is 4.79 Å². The maximum atomic E-state index is 12.4. The first-order valence-electron chi connectivity index (χ1n) is 8.52. The molecule has 1 N–H and O–H groups in total. The van der Waals surface area contributed by atoms with Crippen molar-refractivity contribution in [2.45, 2.75) is 31.8 Å². The topological polar surface area (TPSA) is 55.8 Å². The zero-order valence-electron chi connectivity index (χ0n) is 14.3. The van der Waals surface area contributed by atoms with Gasteiger partial charge in [0.2, 0.25) is 0 Å². The predicted molar refractivity (Wildman–Crippen MR) is 97.3 cm³/mol. The third-order valence-corrected chi connectivity index (χ3v) is 4.39. The number of benzene rings is 2. The summed E-state index contributed by atoms with van der Waals surface area (Å²) in [5.74, 6) is 0.943. The Morgan fingerprint density at radius 2 is 1.88 bits per heavy atom. The van der Waals surface area contributed by atoms with Crippen molar-refractivity contribution < 1.29 is 19.4 Å².